The zero-order valence-electron chi connectivity index (χ0n) is 23.5. The minimum absolute atomic E-state index is 0.0817. The lowest BCUT2D eigenvalue weighted by Gasteiger charge is -2.30. The number of carboxylic acid groups (broad SMARTS) is 1. The maximum atomic E-state index is 14.0. The van der Waals surface area contributed by atoms with Crippen LogP contribution in [0.3, 0.4) is 0 Å². The minimum atomic E-state index is -1.15. The molecule has 3 aromatic rings. The van der Waals surface area contributed by atoms with E-state index in [2.05, 4.69) is 15.6 Å². The SMILES string of the molecule is CCC(C)C(N)C(=O)NC(Cc1c[nH]c2ccccc12)C(=O)N1CCCC1C(=O)NC(Cc1ccccc1)C(=O)O. The van der Waals surface area contributed by atoms with Crippen molar-refractivity contribution in [1.29, 1.82) is 0 Å². The predicted molar refractivity (Wildman–Crippen MR) is 156 cm³/mol. The lowest BCUT2D eigenvalue weighted by atomic mass is 9.98. The van der Waals surface area contributed by atoms with Crippen LogP contribution in [-0.2, 0) is 32.0 Å². The van der Waals surface area contributed by atoms with Gasteiger partial charge in [0.2, 0.25) is 17.7 Å². The van der Waals surface area contributed by atoms with Gasteiger partial charge in [0.15, 0.2) is 0 Å². The first-order chi connectivity index (χ1) is 19.7. The number of rotatable bonds is 12. The molecule has 10 heteroatoms. The molecular weight excluding hydrogens is 522 g/mol. The van der Waals surface area contributed by atoms with Crippen LogP contribution in [0.2, 0.25) is 0 Å². The van der Waals surface area contributed by atoms with E-state index in [4.69, 9.17) is 5.73 Å². The fraction of sp³-hybridized carbons (Fsp3) is 0.419. The number of benzene rings is 2. The van der Waals surface area contributed by atoms with Gasteiger partial charge in [0.1, 0.15) is 18.1 Å². The standard InChI is InChI=1S/C31H39N5O5/c1-3-19(2)27(32)29(38)34-24(17-21-18-33-23-13-8-7-12-22(21)23)30(39)36-15-9-14-26(36)28(37)35-25(31(40)41)16-20-10-5-4-6-11-20/h4-8,10-13,18-19,24-27,33H,3,9,14-17,32H2,1-2H3,(H,34,38)(H,35,37)(H,40,41). The number of hydrogen-bond acceptors (Lipinski definition) is 5. The van der Waals surface area contributed by atoms with Crippen molar-refractivity contribution in [1.82, 2.24) is 20.5 Å². The molecule has 0 bridgehead atoms. The molecule has 218 valence electrons. The summed E-state index contributed by atoms with van der Waals surface area (Å²) in [5, 5.41) is 16.2. The summed E-state index contributed by atoms with van der Waals surface area (Å²) in [6.07, 6.45) is 3.84. The third kappa shape index (κ3) is 7.13. The molecule has 0 spiro atoms. The first kappa shape index (κ1) is 29.8. The Bertz CT molecular complexity index is 1370. The summed E-state index contributed by atoms with van der Waals surface area (Å²) in [6.45, 7) is 4.16. The van der Waals surface area contributed by atoms with Gasteiger partial charge in [-0.05, 0) is 36.0 Å². The molecule has 0 radical (unpaired) electrons. The van der Waals surface area contributed by atoms with E-state index in [0.29, 0.717) is 25.8 Å². The largest absolute Gasteiger partial charge is 0.480 e. The number of nitrogens with one attached hydrogen (secondary N) is 3. The fourth-order valence-electron chi connectivity index (χ4n) is 5.32. The number of hydrogen-bond donors (Lipinski definition) is 5. The predicted octanol–water partition coefficient (Wildman–Crippen LogP) is 2.37. The highest BCUT2D eigenvalue weighted by Crippen LogP contribution is 2.23. The van der Waals surface area contributed by atoms with Gasteiger partial charge in [-0.1, -0.05) is 68.8 Å². The smallest absolute Gasteiger partial charge is 0.326 e. The number of aromatic nitrogens is 1. The molecule has 1 aliphatic heterocycles. The number of fused-ring (bicyclic) bond motifs is 1. The Balaban J connectivity index is 1.54. The molecule has 4 rings (SSSR count). The number of likely N-dealkylation sites (tertiary alicyclic amines) is 1. The topological polar surface area (TPSA) is 158 Å². The second kappa shape index (κ2) is 13.5. The number of nitrogens with zero attached hydrogens (tertiary/aromatic N) is 1. The lowest BCUT2D eigenvalue weighted by Crippen LogP contribution is -2.58. The Kier molecular flexibility index (Phi) is 9.78. The maximum Gasteiger partial charge on any atom is 0.326 e. The van der Waals surface area contributed by atoms with E-state index in [0.717, 1.165) is 22.0 Å². The second-order valence-electron chi connectivity index (χ2n) is 10.8. The highest BCUT2D eigenvalue weighted by Gasteiger charge is 2.39. The number of para-hydroxylation sites is 1. The minimum Gasteiger partial charge on any atom is -0.480 e. The van der Waals surface area contributed by atoms with Crippen molar-refractivity contribution in [2.75, 3.05) is 6.54 Å². The van der Waals surface area contributed by atoms with Gasteiger partial charge >= 0.3 is 5.97 Å². The number of carbonyl (C=O) groups is 4. The van der Waals surface area contributed by atoms with Crippen LogP contribution >= 0.6 is 0 Å². The molecule has 1 saturated heterocycles. The number of aliphatic carboxylic acids is 1. The third-order valence-corrected chi connectivity index (χ3v) is 8.01. The van der Waals surface area contributed by atoms with Crippen molar-refractivity contribution in [3.05, 3.63) is 71.9 Å². The van der Waals surface area contributed by atoms with Gasteiger partial charge in [-0.2, -0.15) is 0 Å². The summed E-state index contributed by atoms with van der Waals surface area (Å²) in [4.78, 5) is 57.1. The van der Waals surface area contributed by atoms with Gasteiger partial charge in [0.25, 0.3) is 0 Å². The van der Waals surface area contributed by atoms with Gasteiger partial charge in [-0.25, -0.2) is 4.79 Å². The van der Waals surface area contributed by atoms with E-state index in [-0.39, 0.29) is 18.8 Å². The maximum absolute atomic E-state index is 14.0. The zero-order valence-corrected chi connectivity index (χ0v) is 23.5. The molecular formula is C31H39N5O5. The fourth-order valence-corrected chi connectivity index (χ4v) is 5.32. The Hall–Kier alpha value is -4.18. The number of aromatic amines is 1. The van der Waals surface area contributed by atoms with Gasteiger partial charge in [0, 0.05) is 36.5 Å². The monoisotopic (exact) mass is 561 g/mol. The van der Waals surface area contributed by atoms with Crippen molar-refractivity contribution in [3.8, 4) is 0 Å². The Morgan fingerprint density at radius 2 is 1.73 bits per heavy atom. The molecule has 1 fully saturated rings. The first-order valence-electron chi connectivity index (χ1n) is 14.2. The van der Waals surface area contributed by atoms with E-state index in [1.54, 1.807) is 12.1 Å². The van der Waals surface area contributed by atoms with E-state index >= 15 is 0 Å². The lowest BCUT2D eigenvalue weighted by molar-refractivity contribution is -0.145. The second-order valence-corrected chi connectivity index (χ2v) is 10.8. The summed E-state index contributed by atoms with van der Waals surface area (Å²) in [6, 6.07) is 13.0. The molecule has 2 aromatic carbocycles. The normalized spacial score (nSPS) is 17.9. The molecule has 41 heavy (non-hydrogen) atoms. The molecule has 2 heterocycles. The van der Waals surface area contributed by atoms with Crippen LogP contribution in [0.15, 0.2) is 60.8 Å². The van der Waals surface area contributed by atoms with E-state index < -0.39 is 47.9 Å². The van der Waals surface area contributed by atoms with E-state index in [1.807, 2.05) is 62.5 Å². The quantitative estimate of drug-likeness (QED) is 0.228. The average molecular weight is 562 g/mol. The number of H-pyrrole nitrogens is 1. The van der Waals surface area contributed by atoms with Crippen molar-refractivity contribution in [3.63, 3.8) is 0 Å². The molecule has 1 aliphatic rings. The van der Waals surface area contributed by atoms with Crippen molar-refractivity contribution in [2.24, 2.45) is 11.7 Å². The molecule has 5 atom stereocenters. The van der Waals surface area contributed by atoms with Crippen LogP contribution < -0.4 is 16.4 Å². The highest BCUT2D eigenvalue weighted by molar-refractivity contribution is 5.95. The van der Waals surface area contributed by atoms with Crippen LogP contribution in [0, 0.1) is 5.92 Å². The van der Waals surface area contributed by atoms with Crippen molar-refractivity contribution in [2.45, 2.75) is 70.1 Å². The summed E-state index contributed by atoms with van der Waals surface area (Å²) in [5.74, 6) is -2.57. The number of amides is 3. The van der Waals surface area contributed by atoms with Gasteiger partial charge in [-0.3, -0.25) is 14.4 Å². The van der Waals surface area contributed by atoms with Gasteiger partial charge < -0.3 is 31.4 Å². The Morgan fingerprint density at radius 1 is 1.02 bits per heavy atom. The number of nitrogens with two attached hydrogens (primary N) is 1. The zero-order chi connectivity index (χ0) is 29.5. The van der Waals surface area contributed by atoms with Crippen LogP contribution in [-0.4, -0.2) is 69.4 Å². The molecule has 1 aromatic heterocycles. The van der Waals surface area contributed by atoms with Crippen LogP contribution in [0.1, 0.15) is 44.2 Å². The summed E-state index contributed by atoms with van der Waals surface area (Å²) in [7, 11) is 0. The van der Waals surface area contributed by atoms with Crippen LogP contribution in [0.4, 0.5) is 0 Å². The summed E-state index contributed by atoms with van der Waals surface area (Å²) in [5.41, 5.74) is 8.74. The third-order valence-electron chi connectivity index (χ3n) is 8.01. The van der Waals surface area contributed by atoms with Crippen molar-refractivity contribution < 1.29 is 24.3 Å². The molecule has 10 nitrogen and oxygen atoms in total. The molecule has 0 saturated carbocycles. The Labute approximate surface area is 239 Å². The van der Waals surface area contributed by atoms with E-state index in [1.165, 1.54) is 4.90 Å². The summed E-state index contributed by atoms with van der Waals surface area (Å²) >= 11 is 0. The van der Waals surface area contributed by atoms with Crippen LogP contribution in [0.5, 0.6) is 0 Å². The van der Waals surface area contributed by atoms with E-state index in [9.17, 15) is 24.3 Å². The number of carboxylic acids is 1. The molecule has 6 N–H and O–H groups in total. The molecule has 5 unspecified atom stereocenters. The summed E-state index contributed by atoms with van der Waals surface area (Å²) < 4.78 is 0. The average Bonchev–Trinajstić information content (AvgIpc) is 3.63. The van der Waals surface area contributed by atoms with Crippen molar-refractivity contribution >= 4 is 34.6 Å². The van der Waals surface area contributed by atoms with Crippen LogP contribution in [0.25, 0.3) is 10.9 Å². The van der Waals surface area contributed by atoms with Gasteiger partial charge in [0.05, 0.1) is 6.04 Å². The Morgan fingerprint density at radius 3 is 2.44 bits per heavy atom. The first-order valence-corrected chi connectivity index (χ1v) is 14.2. The number of carbonyl (C=O) groups excluding carboxylic acids is 3. The highest BCUT2D eigenvalue weighted by atomic mass is 16.4. The molecule has 0 aliphatic carbocycles. The van der Waals surface area contributed by atoms with Gasteiger partial charge in [-0.15, -0.1) is 0 Å². The molecule has 3 amide bonds.